The number of hydrogen-bond donors (Lipinski definition) is 1. The molecule has 0 atom stereocenters. The quantitative estimate of drug-likeness (QED) is 0.353. The molecule has 0 saturated carbocycles. The fourth-order valence-electron chi connectivity index (χ4n) is 3.53. The van der Waals surface area contributed by atoms with Gasteiger partial charge in [-0.15, -0.1) is 11.3 Å². The predicted octanol–water partition coefficient (Wildman–Crippen LogP) is 6.88. The Morgan fingerprint density at radius 1 is 0.733 bits per heavy atom. The number of nitrogens with zero attached hydrogens (tertiary/aromatic N) is 1. The van der Waals surface area contributed by atoms with Crippen molar-refractivity contribution in [3.05, 3.63) is 108 Å². The smallest absolute Gasteiger partial charge is 0.258 e. The van der Waals surface area contributed by atoms with Gasteiger partial charge in [0.25, 0.3) is 5.91 Å². The molecule has 5 aromatic rings. The second-order valence-corrected chi connectivity index (χ2v) is 7.82. The highest BCUT2D eigenvalue weighted by Gasteiger charge is 2.14. The van der Waals surface area contributed by atoms with Crippen molar-refractivity contribution in [1.29, 1.82) is 0 Å². The zero-order valence-corrected chi connectivity index (χ0v) is 16.9. The summed E-state index contributed by atoms with van der Waals surface area (Å²) in [6, 6.07) is 32.1. The number of thiazole rings is 1. The monoisotopic (exact) mass is 406 g/mol. The van der Waals surface area contributed by atoms with Gasteiger partial charge in [-0.05, 0) is 34.0 Å². The molecule has 0 aliphatic heterocycles. The van der Waals surface area contributed by atoms with Crippen LogP contribution in [0.4, 0.5) is 5.13 Å². The molecule has 1 amide bonds. The number of carbonyl (C=O) groups is 1. The second-order valence-electron chi connectivity index (χ2n) is 6.97. The first-order chi connectivity index (χ1) is 14.8. The van der Waals surface area contributed by atoms with Crippen molar-refractivity contribution in [2.45, 2.75) is 0 Å². The Hall–Kier alpha value is -3.76. The van der Waals surface area contributed by atoms with E-state index in [1.807, 2.05) is 72.1 Å². The van der Waals surface area contributed by atoms with Crippen molar-refractivity contribution >= 4 is 33.1 Å². The largest absolute Gasteiger partial charge is 0.298 e. The summed E-state index contributed by atoms with van der Waals surface area (Å²) >= 11 is 1.43. The molecule has 4 aromatic carbocycles. The van der Waals surface area contributed by atoms with E-state index in [-0.39, 0.29) is 5.91 Å². The molecule has 0 bridgehead atoms. The van der Waals surface area contributed by atoms with E-state index in [1.54, 1.807) is 0 Å². The average molecular weight is 407 g/mol. The van der Waals surface area contributed by atoms with E-state index in [1.165, 1.54) is 22.1 Å². The van der Waals surface area contributed by atoms with Crippen molar-refractivity contribution in [3.8, 4) is 22.4 Å². The van der Waals surface area contributed by atoms with Gasteiger partial charge in [0, 0.05) is 16.5 Å². The number of benzene rings is 4. The Morgan fingerprint density at radius 3 is 2.33 bits per heavy atom. The highest BCUT2D eigenvalue weighted by Crippen LogP contribution is 2.29. The topological polar surface area (TPSA) is 42.0 Å². The summed E-state index contributed by atoms with van der Waals surface area (Å²) in [6.45, 7) is 0. The summed E-state index contributed by atoms with van der Waals surface area (Å²) in [6.07, 6.45) is 0. The van der Waals surface area contributed by atoms with Crippen LogP contribution in [0.3, 0.4) is 0 Å². The lowest BCUT2D eigenvalue weighted by atomic mass is 9.99. The summed E-state index contributed by atoms with van der Waals surface area (Å²) in [5.41, 5.74) is 4.44. The molecule has 0 radical (unpaired) electrons. The lowest BCUT2D eigenvalue weighted by Gasteiger charge is -2.09. The van der Waals surface area contributed by atoms with Gasteiger partial charge in [-0.1, -0.05) is 84.9 Å². The molecule has 144 valence electrons. The van der Waals surface area contributed by atoms with Gasteiger partial charge >= 0.3 is 0 Å². The van der Waals surface area contributed by atoms with Crippen LogP contribution in [-0.4, -0.2) is 10.9 Å². The number of fused-ring (bicyclic) bond motifs is 1. The molecule has 0 aliphatic carbocycles. The molecule has 0 aliphatic rings. The Morgan fingerprint density at radius 2 is 1.47 bits per heavy atom. The van der Waals surface area contributed by atoms with Gasteiger partial charge < -0.3 is 0 Å². The van der Waals surface area contributed by atoms with Crippen LogP contribution in [0, 0.1) is 0 Å². The van der Waals surface area contributed by atoms with E-state index < -0.39 is 0 Å². The molecule has 0 saturated heterocycles. The van der Waals surface area contributed by atoms with E-state index >= 15 is 0 Å². The number of hydrogen-bond acceptors (Lipinski definition) is 3. The highest BCUT2D eigenvalue weighted by atomic mass is 32.1. The zero-order chi connectivity index (χ0) is 20.3. The fraction of sp³-hybridized carbons (Fsp3) is 0. The number of rotatable bonds is 4. The molecular weight excluding hydrogens is 388 g/mol. The number of nitrogens with one attached hydrogen (secondary N) is 1. The van der Waals surface area contributed by atoms with Crippen LogP contribution in [0.2, 0.25) is 0 Å². The number of carbonyl (C=O) groups excluding carboxylic acids is 1. The third-order valence-electron chi connectivity index (χ3n) is 5.03. The number of aromatic nitrogens is 1. The Bertz CT molecular complexity index is 1340. The number of anilines is 1. The van der Waals surface area contributed by atoms with Crippen molar-refractivity contribution in [1.82, 2.24) is 4.98 Å². The van der Waals surface area contributed by atoms with Crippen LogP contribution in [0.15, 0.2) is 102 Å². The summed E-state index contributed by atoms with van der Waals surface area (Å²) in [7, 11) is 0. The third kappa shape index (κ3) is 3.61. The normalized spacial score (nSPS) is 10.8. The molecule has 0 unspecified atom stereocenters. The minimum atomic E-state index is -0.158. The molecular formula is C26H18N2OS. The van der Waals surface area contributed by atoms with E-state index in [9.17, 15) is 4.79 Å². The molecule has 1 heterocycles. The summed E-state index contributed by atoms with van der Waals surface area (Å²) in [4.78, 5) is 17.6. The lowest BCUT2D eigenvalue weighted by molar-refractivity contribution is 0.102. The molecule has 5 rings (SSSR count). The van der Waals surface area contributed by atoms with Crippen LogP contribution < -0.4 is 5.32 Å². The maximum absolute atomic E-state index is 13.0. The Labute approximate surface area is 178 Å². The van der Waals surface area contributed by atoms with Gasteiger partial charge in [0.2, 0.25) is 0 Å². The van der Waals surface area contributed by atoms with E-state index in [2.05, 4.69) is 40.6 Å². The third-order valence-corrected chi connectivity index (χ3v) is 5.78. The van der Waals surface area contributed by atoms with Crippen LogP contribution in [-0.2, 0) is 0 Å². The van der Waals surface area contributed by atoms with E-state index in [0.717, 1.165) is 22.4 Å². The van der Waals surface area contributed by atoms with Crippen LogP contribution in [0.5, 0.6) is 0 Å². The van der Waals surface area contributed by atoms with Gasteiger partial charge in [-0.3, -0.25) is 10.1 Å². The average Bonchev–Trinajstić information content (AvgIpc) is 3.28. The molecule has 3 nitrogen and oxygen atoms in total. The zero-order valence-electron chi connectivity index (χ0n) is 16.1. The van der Waals surface area contributed by atoms with Crippen LogP contribution in [0.1, 0.15) is 10.4 Å². The van der Waals surface area contributed by atoms with Gasteiger partial charge in [0.05, 0.1) is 5.69 Å². The second kappa shape index (κ2) is 7.93. The number of amides is 1. The van der Waals surface area contributed by atoms with Crippen molar-refractivity contribution < 1.29 is 4.79 Å². The minimum absolute atomic E-state index is 0.158. The SMILES string of the molecule is O=C(Nc1nc(-c2ccc3ccccc3c2)cs1)c1ccccc1-c1ccccc1. The molecule has 0 spiro atoms. The Balaban J connectivity index is 1.41. The van der Waals surface area contributed by atoms with Crippen molar-refractivity contribution in [3.63, 3.8) is 0 Å². The van der Waals surface area contributed by atoms with Crippen molar-refractivity contribution in [2.24, 2.45) is 0 Å². The first-order valence-electron chi connectivity index (χ1n) is 9.68. The van der Waals surface area contributed by atoms with Gasteiger partial charge in [-0.25, -0.2) is 4.98 Å². The lowest BCUT2D eigenvalue weighted by Crippen LogP contribution is -2.12. The van der Waals surface area contributed by atoms with E-state index in [4.69, 9.17) is 0 Å². The molecule has 30 heavy (non-hydrogen) atoms. The first-order valence-corrected chi connectivity index (χ1v) is 10.6. The van der Waals surface area contributed by atoms with Crippen LogP contribution >= 0.6 is 11.3 Å². The van der Waals surface area contributed by atoms with Crippen LogP contribution in [0.25, 0.3) is 33.2 Å². The van der Waals surface area contributed by atoms with Gasteiger partial charge in [0.15, 0.2) is 5.13 Å². The molecule has 0 fully saturated rings. The fourth-order valence-corrected chi connectivity index (χ4v) is 4.24. The summed E-state index contributed by atoms with van der Waals surface area (Å²) in [5, 5.41) is 7.90. The standard InChI is InChI=1S/C26H18N2OS/c29-25(23-13-7-6-12-22(23)19-9-2-1-3-10-19)28-26-27-24(17-30-26)21-15-14-18-8-4-5-11-20(18)16-21/h1-17H,(H,27,28,29). The minimum Gasteiger partial charge on any atom is -0.298 e. The maximum atomic E-state index is 13.0. The Kier molecular flexibility index (Phi) is 4.83. The predicted molar refractivity (Wildman–Crippen MR) is 125 cm³/mol. The first kappa shape index (κ1) is 18.3. The highest BCUT2D eigenvalue weighted by molar-refractivity contribution is 7.14. The van der Waals surface area contributed by atoms with Gasteiger partial charge in [-0.2, -0.15) is 0 Å². The summed E-state index contributed by atoms with van der Waals surface area (Å²) < 4.78 is 0. The molecule has 1 aromatic heterocycles. The maximum Gasteiger partial charge on any atom is 0.258 e. The molecule has 1 N–H and O–H groups in total. The molecule has 4 heteroatoms. The summed E-state index contributed by atoms with van der Waals surface area (Å²) in [5.74, 6) is -0.158. The van der Waals surface area contributed by atoms with Crippen molar-refractivity contribution in [2.75, 3.05) is 5.32 Å². The van der Waals surface area contributed by atoms with E-state index in [0.29, 0.717) is 10.7 Å². The van der Waals surface area contributed by atoms with Gasteiger partial charge in [0.1, 0.15) is 0 Å².